The van der Waals surface area contributed by atoms with Crippen molar-refractivity contribution in [2.45, 2.75) is 6.92 Å². The van der Waals surface area contributed by atoms with Gasteiger partial charge >= 0.3 is 0 Å². The lowest BCUT2D eigenvalue weighted by Crippen LogP contribution is -2.21. The summed E-state index contributed by atoms with van der Waals surface area (Å²) in [6.45, 7) is 1.97. The molecule has 0 aliphatic rings. The molecule has 1 aromatic rings. The van der Waals surface area contributed by atoms with Crippen LogP contribution < -0.4 is 16.2 Å². The third-order valence-corrected chi connectivity index (χ3v) is 1.58. The SMILES string of the molecule is COc1cc(C)ccc1N=C(N)N. The summed E-state index contributed by atoms with van der Waals surface area (Å²) in [6.07, 6.45) is 0. The number of aryl methyl sites for hydroxylation is 1. The quantitative estimate of drug-likeness (QED) is 0.523. The van der Waals surface area contributed by atoms with Crippen molar-refractivity contribution in [3.8, 4) is 5.75 Å². The van der Waals surface area contributed by atoms with Crippen molar-refractivity contribution in [3.63, 3.8) is 0 Å². The number of nitrogens with zero attached hydrogens (tertiary/aromatic N) is 1. The molecule has 0 unspecified atom stereocenters. The van der Waals surface area contributed by atoms with Crippen molar-refractivity contribution in [1.82, 2.24) is 0 Å². The first-order valence-electron chi connectivity index (χ1n) is 3.87. The summed E-state index contributed by atoms with van der Waals surface area (Å²) in [7, 11) is 1.58. The summed E-state index contributed by atoms with van der Waals surface area (Å²) in [5, 5.41) is 0. The predicted octanol–water partition coefficient (Wildman–Crippen LogP) is 0.909. The minimum atomic E-state index is 0.0298. The van der Waals surface area contributed by atoms with Gasteiger partial charge in [0, 0.05) is 0 Å². The van der Waals surface area contributed by atoms with E-state index in [1.165, 1.54) is 0 Å². The van der Waals surface area contributed by atoms with E-state index in [0.29, 0.717) is 11.4 Å². The maximum Gasteiger partial charge on any atom is 0.191 e. The second-order valence-electron chi connectivity index (χ2n) is 2.71. The summed E-state index contributed by atoms with van der Waals surface area (Å²) < 4.78 is 5.11. The third kappa shape index (κ3) is 2.37. The molecule has 0 radical (unpaired) electrons. The lowest BCUT2D eigenvalue weighted by Gasteiger charge is -2.04. The summed E-state index contributed by atoms with van der Waals surface area (Å²) in [5.41, 5.74) is 12.3. The first-order valence-corrected chi connectivity index (χ1v) is 3.87. The molecule has 4 heteroatoms. The van der Waals surface area contributed by atoms with Crippen LogP contribution in [0.5, 0.6) is 5.75 Å². The summed E-state index contributed by atoms with van der Waals surface area (Å²) in [6, 6.07) is 5.61. The fraction of sp³-hybridized carbons (Fsp3) is 0.222. The average Bonchev–Trinajstić information content (AvgIpc) is 2.07. The highest BCUT2D eigenvalue weighted by Gasteiger charge is 2.00. The Morgan fingerprint density at radius 3 is 2.62 bits per heavy atom. The van der Waals surface area contributed by atoms with Crippen LogP contribution in [0, 0.1) is 6.92 Å². The molecule has 0 saturated heterocycles. The molecule has 0 bridgehead atoms. The highest BCUT2D eigenvalue weighted by molar-refractivity contribution is 5.80. The van der Waals surface area contributed by atoms with Crippen molar-refractivity contribution in [2.24, 2.45) is 16.5 Å². The second kappa shape index (κ2) is 3.80. The van der Waals surface area contributed by atoms with Crippen molar-refractivity contribution in [3.05, 3.63) is 23.8 Å². The largest absolute Gasteiger partial charge is 0.494 e. The number of hydrogen-bond acceptors (Lipinski definition) is 2. The van der Waals surface area contributed by atoms with Crippen LogP contribution in [0.1, 0.15) is 5.56 Å². The molecule has 0 spiro atoms. The molecule has 0 fully saturated rings. The Balaban J connectivity index is 3.14. The van der Waals surface area contributed by atoms with Gasteiger partial charge in [-0.3, -0.25) is 0 Å². The zero-order valence-corrected chi connectivity index (χ0v) is 7.74. The maximum atomic E-state index is 5.26. The monoisotopic (exact) mass is 179 g/mol. The first kappa shape index (κ1) is 9.38. The van der Waals surface area contributed by atoms with Crippen LogP contribution in [0.25, 0.3) is 0 Å². The Morgan fingerprint density at radius 1 is 1.38 bits per heavy atom. The van der Waals surface area contributed by atoms with Gasteiger partial charge in [-0.05, 0) is 24.6 Å². The molecule has 70 valence electrons. The minimum Gasteiger partial charge on any atom is -0.494 e. The van der Waals surface area contributed by atoms with Gasteiger partial charge in [0.25, 0.3) is 0 Å². The molecule has 0 aliphatic carbocycles. The normalized spacial score (nSPS) is 9.38. The van der Waals surface area contributed by atoms with Crippen molar-refractivity contribution >= 4 is 11.6 Å². The molecule has 1 rings (SSSR count). The van der Waals surface area contributed by atoms with Crippen molar-refractivity contribution in [1.29, 1.82) is 0 Å². The van der Waals surface area contributed by atoms with Gasteiger partial charge in [-0.2, -0.15) is 0 Å². The molecule has 4 N–H and O–H groups in total. The Labute approximate surface area is 77.2 Å². The fourth-order valence-corrected chi connectivity index (χ4v) is 1.02. The fourth-order valence-electron chi connectivity index (χ4n) is 1.02. The number of rotatable bonds is 2. The van der Waals surface area contributed by atoms with E-state index in [2.05, 4.69) is 4.99 Å². The molecule has 0 aliphatic heterocycles. The molecule has 0 amide bonds. The van der Waals surface area contributed by atoms with Gasteiger partial charge in [0.2, 0.25) is 0 Å². The van der Waals surface area contributed by atoms with E-state index >= 15 is 0 Å². The molecular weight excluding hydrogens is 166 g/mol. The number of nitrogens with two attached hydrogens (primary N) is 2. The molecule has 0 saturated carbocycles. The van der Waals surface area contributed by atoms with Crippen molar-refractivity contribution < 1.29 is 4.74 Å². The van der Waals surface area contributed by atoms with Crippen LogP contribution in [-0.4, -0.2) is 13.1 Å². The van der Waals surface area contributed by atoms with Gasteiger partial charge < -0.3 is 16.2 Å². The zero-order valence-electron chi connectivity index (χ0n) is 7.74. The van der Waals surface area contributed by atoms with Crippen LogP contribution in [0.2, 0.25) is 0 Å². The number of aliphatic imine (C=N–C) groups is 1. The zero-order chi connectivity index (χ0) is 9.84. The average molecular weight is 179 g/mol. The Kier molecular flexibility index (Phi) is 2.74. The number of guanidine groups is 1. The van der Waals surface area contributed by atoms with E-state index in [4.69, 9.17) is 16.2 Å². The maximum absolute atomic E-state index is 5.26. The highest BCUT2D eigenvalue weighted by Crippen LogP contribution is 2.27. The van der Waals surface area contributed by atoms with Gasteiger partial charge in [-0.1, -0.05) is 6.07 Å². The highest BCUT2D eigenvalue weighted by atomic mass is 16.5. The lowest BCUT2D eigenvalue weighted by molar-refractivity contribution is 0.416. The summed E-state index contributed by atoms with van der Waals surface area (Å²) in [5.74, 6) is 0.704. The van der Waals surface area contributed by atoms with Gasteiger partial charge in [-0.25, -0.2) is 4.99 Å². The molecule has 0 aromatic heterocycles. The van der Waals surface area contributed by atoms with E-state index in [0.717, 1.165) is 5.56 Å². The number of benzene rings is 1. The van der Waals surface area contributed by atoms with E-state index in [-0.39, 0.29) is 5.96 Å². The standard InChI is InChI=1S/C9H13N3O/c1-6-3-4-7(12-9(10)11)8(5-6)13-2/h3-5H,1-2H3,(H4,10,11,12). The van der Waals surface area contributed by atoms with E-state index in [1.54, 1.807) is 7.11 Å². The molecule has 0 heterocycles. The van der Waals surface area contributed by atoms with Gasteiger partial charge in [0.1, 0.15) is 11.4 Å². The molecule has 0 atom stereocenters. The lowest BCUT2D eigenvalue weighted by atomic mass is 10.2. The molecular formula is C9H13N3O. The topological polar surface area (TPSA) is 73.6 Å². The van der Waals surface area contributed by atoms with Crippen LogP contribution in [0.4, 0.5) is 5.69 Å². The Bertz CT molecular complexity index is 330. The molecule has 13 heavy (non-hydrogen) atoms. The van der Waals surface area contributed by atoms with E-state index < -0.39 is 0 Å². The Hall–Kier alpha value is -1.71. The van der Waals surface area contributed by atoms with Crippen molar-refractivity contribution in [2.75, 3.05) is 7.11 Å². The molecule has 4 nitrogen and oxygen atoms in total. The summed E-state index contributed by atoms with van der Waals surface area (Å²) in [4.78, 5) is 3.92. The van der Waals surface area contributed by atoms with Gasteiger partial charge in [0.05, 0.1) is 7.11 Å². The number of ether oxygens (including phenoxy) is 1. The van der Waals surface area contributed by atoms with Crippen LogP contribution in [-0.2, 0) is 0 Å². The predicted molar refractivity (Wildman–Crippen MR) is 53.2 cm³/mol. The van der Waals surface area contributed by atoms with E-state index in [1.807, 2.05) is 25.1 Å². The van der Waals surface area contributed by atoms with E-state index in [9.17, 15) is 0 Å². The summed E-state index contributed by atoms with van der Waals surface area (Å²) >= 11 is 0. The van der Waals surface area contributed by atoms with Crippen LogP contribution in [0.15, 0.2) is 23.2 Å². The number of hydrogen-bond donors (Lipinski definition) is 2. The Morgan fingerprint density at radius 2 is 2.08 bits per heavy atom. The minimum absolute atomic E-state index is 0.0298. The third-order valence-electron chi connectivity index (χ3n) is 1.58. The first-order chi connectivity index (χ1) is 6.13. The van der Waals surface area contributed by atoms with Crippen LogP contribution >= 0.6 is 0 Å². The van der Waals surface area contributed by atoms with Gasteiger partial charge in [-0.15, -0.1) is 0 Å². The number of methoxy groups -OCH3 is 1. The second-order valence-corrected chi connectivity index (χ2v) is 2.71. The van der Waals surface area contributed by atoms with Crippen LogP contribution in [0.3, 0.4) is 0 Å². The smallest absolute Gasteiger partial charge is 0.191 e. The van der Waals surface area contributed by atoms with Gasteiger partial charge in [0.15, 0.2) is 5.96 Å². The molecule has 1 aromatic carbocycles.